The van der Waals surface area contributed by atoms with E-state index in [4.69, 9.17) is 9.47 Å². The van der Waals surface area contributed by atoms with E-state index in [1.54, 1.807) is 0 Å². The van der Waals surface area contributed by atoms with Gasteiger partial charge in [0, 0.05) is 24.1 Å². The summed E-state index contributed by atoms with van der Waals surface area (Å²) in [6.45, 7) is 1.42. The minimum Gasteiger partial charge on any atom is -0.461 e. The number of carbonyl (C=O) groups excluding carboxylic acids is 1. The van der Waals surface area contributed by atoms with Gasteiger partial charge in [-0.3, -0.25) is 4.79 Å². The number of hydrogen-bond donors (Lipinski definition) is 0. The molecule has 0 N–H and O–H groups in total. The molecule has 2 aliphatic rings. The largest absolute Gasteiger partial charge is 0.461 e. The molecule has 74 valence electrons. The average Bonchev–Trinajstić information content (AvgIpc) is 2.45. The fraction of sp³-hybridized carbons (Fsp3) is 0.889. The Morgan fingerprint density at radius 3 is 2.69 bits per heavy atom. The molecule has 0 saturated carbocycles. The van der Waals surface area contributed by atoms with E-state index in [1.807, 2.05) is 0 Å². The highest BCUT2D eigenvalue weighted by Crippen LogP contribution is 2.42. The Kier molecular flexibility index (Phi) is 2.78. The summed E-state index contributed by atoms with van der Waals surface area (Å²) in [5.41, 5.74) is -0.186. The molecular formula is C9H13IO3. The van der Waals surface area contributed by atoms with Crippen LogP contribution in [0.2, 0.25) is 0 Å². The van der Waals surface area contributed by atoms with Crippen LogP contribution < -0.4 is 0 Å². The zero-order chi connectivity index (χ0) is 9.31. The monoisotopic (exact) mass is 296 g/mol. The van der Waals surface area contributed by atoms with Gasteiger partial charge in [0.25, 0.3) is 0 Å². The van der Waals surface area contributed by atoms with Crippen LogP contribution in [0.3, 0.4) is 0 Å². The number of hydrogen-bond acceptors (Lipinski definition) is 3. The van der Waals surface area contributed by atoms with Crippen LogP contribution >= 0.6 is 22.6 Å². The van der Waals surface area contributed by atoms with Crippen molar-refractivity contribution >= 4 is 28.6 Å². The molecule has 2 fully saturated rings. The van der Waals surface area contributed by atoms with Gasteiger partial charge < -0.3 is 9.47 Å². The molecule has 1 atom stereocenters. The van der Waals surface area contributed by atoms with Crippen molar-refractivity contribution in [3.05, 3.63) is 0 Å². The highest BCUT2D eigenvalue weighted by molar-refractivity contribution is 14.1. The van der Waals surface area contributed by atoms with Gasteiger partial charge in [0.15, 0.2) is 0 Å². The molecule has 0 bridgehead atoms. The number of carbonyl (C=O) groups is 1. The molecule has 2 heterocycles. The maximum absolute atomic E-state index is 11.6. The van der Waals surface area contributed by atoms with Gasteiger partial charge in [0.05, 0.1) is 5.41 Å². The van der Waals surface area contributed by atoms with Crippen LogP contribution in [0.4, 0.5) is 0 Å². The number of esters is 1. The first-order chi connectivity index (χ1) is 6.27. The summed E-state index contributed by atoms with van der Waals surface area (Å²) < 4.78 is 11.5. The summed E-state index contributed by atoms with van der Waals surface area (Å²) in [4.78, 5) is 11.6. The predicted molar refractivity (Wildman–Crippen MR) is 55.9 cm³/mol. The van der Waals surface area contributed by atoms with E-state index < -0.39 is 0 Å². The molecule has 3 nitrogen and oxygen atoms in total. The number of alkyl halides is 1. The summed E-state index contributed by atoms with van der Waals surface area (Å²) in [5, 5.41) is 0. The number of ether oxygens (including phenoxy) is 2. The first-order valence-corrected chi connectivity index (χ1v) is 6.14. The van der Waals surface area contributed by atoms with Crippen LogP contribution in [0.1, 0.15) is 19.3 Å². The van der Waals surface area contributed by atoms with Gasteiger partial charge in [-0.05, 0) is 12.8 Å². The highest BCUT2D eigenvalue weighted by atomic mass is 127. The number of halogens is 1. The van der Waals surface area contributed by atoms with E-state index in [0.717, 1.165) is 23.7 Å². The van der Waals surface area contributed by atoms with Gasteiger partial charge in [-0.25, -0.2) is 0 Å². The molecule has 2 saturated heterocycles. The van der Waals surface area contributed by atoms with Gasteiger partial charge >= 0.3 is 5.97 Å². The standard InChI is InChI=1S/C9H13IO3/c10-6-7-5-9(8(11)13-7)1-3-12-4-2-9/h7H,1-6H2. The van der Waals surface area contributed by atoms with Gasteiger partial charge in [-0.1, -0.05) is 22.6 Å². The molecule has 2 aliphatic heterocycles. The molecular weight excluding hydrogens is 283 g/mol. The lowest BCUT2D eigenvalue weighted by Crippen LogP contribution is -2.33. The van der Waals surface area contributed by atoms with Crippen molar-refractivity contribution < 1.29 is 14.3 Å². The fourth-order valence-electron chi connectivity index (χ4n) is 2.09. The third kappa shape index (κ3) is 1.70. The second-order valence-electron chi connectivity index (χ2n) is 3.78. The van der Waals surface area contributed by atoms with Crippen molar-refractivity contribution in [3.8, 4) is 0 Å². The Hall–Kier alpha value is 0.160. The van der Waals surface area contributed by atoms with Crippen molar-refractivity contribution in [2.75, 3.05) is 17.6 Å². The Morgan fingerprint density at radius 1 is 1.46 bits per heavy atom. The van der Waals surface area contributed by atoms with Crippen LogP contribution in [0, 0.1) is 5.41 Å². The molecule has 1 spiro atoms. The first kappa shape index (κ1) is 9.71. The third-order valence-electron chi connectivity index (χ3n) is 2.95. The molecule has 4 heteroatoms. The van der Waals surface area contributed by atoms with Crippen LogP contribution in [0.5, 0.6) is 0 Å². The van der Waals surface area contributed by atoms with Crippen molar-refractivity contribution in [1.29, 1.82) is 0 Å². The van der Waals surface area contributed by atoms with Crippen molar-refractivity contribution in [2.45, 2.75) is 25.4 Å². The summed E-state index contributed by atoms with van der Waals surface area (Å²) in [6, 6.07) is 0. The zero-order valence-corrected chi connectivity index (χ0v) is 9.58. The first-order valence-electron chi connectivity index (χ1n) is 4.62. The smallest absolute Gasteiger partial charge is 0.312 e. The SMILES string of the molecule is O=C1OC(CI)CC12CCOCC2. The molecule has 2 rings (SSSR count). The predicted octanol–water partition coefficient (Wildman–Crippen LogP) is 1.53. The summed E-state index contributed by atoms with van der Waals surface area (Å²) in [7, 11) is 0. The average molecular weight is 296 g/mol. The van der Waals surface area contributed by atoms with Crippen LogP contribution in [0.25, 0.3) is 0 Å². The Labute approximate surface area is 91.3 Å². The molecule has 0 aromatic rings. The summed E-state index contributed by atoms with van der Waals surface area (Å²) in [6.07, 6.45) is 2.74. The maximum atomic E-state index is 11.6. The zero-order valence-electron chi connectivity index (χ0n) is 7.42. The second-order valence-corrected chi connectivity index (χ2v) is 4.66. The van der Waals surface area contributed by atoms with Gasteiger partial charge in [0.2, 0.25) is 0 Å². The Bertz CT molecular complexity index is 211. The van der Waals surface area contributed by atoms with Crippen molar-refractivity contribution in [2.24, 2.45) is 5.41 Å². The molecule has 0 aliphatic carbocycles. The van der Waals surface area contributed by atoms with Gasteiger partial charge in [0.1, 0.15) is 6.10 Å². The molecule has 0 aromatic carbocycles. The van der Waals surface area contributed by atoms with E-state index in [9.17, 15) is 4.79 Å². The molecule has 0 radical (unpaired) electrons. The Balaban J connectivity index is 2.08. The van der Waals surface area contributed by atoms with Crippen LogP contribution in [0.15, 0.2) is 0 Å². The van der Waals surface area contributed by atoms with Gasteiger partial charge in [-0.2, -0.15) is 0 Å². The number of rotatable bonds is 1. The van der Waals surface area contributed by atoms with E-state index in [2.05, 4.69) is 22.6 Å². The molecule has 0 aromatic heterocycles. The van der Waals surface area contributed by atoms with E-state index in [1.165, 1.54) is 0 Å². The van der Waals surface area contributed by atoms with Crippen molar-refractivity contribution in [1.82, 2.24) is 0 Å². The van der Waals surface area contributed by atoms with Gasteiger partial charge in [-0.15, -0.1) is 0 Å². The van der Waals surface area contributed by atoms with E-state index >= 15 is 0 Å². The molecule has 0 amide bonds. The topological polar surface area (TPSA) is 35.5 Å². The van der Waals surface area contributed by atoms with Crippen LogP contribution in [-0.2, 0) is 14.3 Å². The van der Waals surface area contributed by atoms with E-state index in [-0.39, 0.29) is 17.5 Å². The lowest BCUT2D eigenvalue weighted by molar-refractivity contribution is -0.152. The molecule has 1 unspecified atom stereocenters. The fourth-order valence-corrected chi connectivity index (χ4v) is 2.58. The van der Waals surface area contributed by atoms with E-state index in [0.29, 0.717) is 13.2 Å². The highest BCUT2D eigenvalue weighted by Gasteiger charge is 2.49. The lowest BCUT2D eigenvalue weighted by Gasteiger charge is -2.28. The molecule has 13 heavy (non-hydrogen) atoms. The summed E-state index contributed by atoms with van der Waals surface area (Å²) in [5.74, 6) is 0.0115. The minimum atomic E-state index is -0.186. The maximum Gasteiger partial charge on any atom is 0.312 e. The van der Waals surface area contributed by atoms with Crippen LogP contribution in [-0.4, -0.2) is 29.7 Å². The second kappa shape index (κ2) is 3.73. The third-order valence-corrected chi connectivity index (χ3v) is 3.93. The normalized spacial score (nSPS) is 32.1. The number of cyclic esters (lactones) is 1. The quantitative estimate of drug-likeness (QED) is 0.418. The Morgan fingerprint density at radius 2 is 2.15 bits per heavy atom. The summed E-state index contributed by atoms with van der Waals surface area (Å²) >= 11 is 2.27. The minimum absolute atomic E-state index is 0.0115. The van der Waals surface area contributed by atoms with Crippen molar-refractivity contribution in [3.63, 3.8) is 0 Å². The lowest BCUT2D eigenvalue weighted by atomic mass is 9.78.